The molecule has 0 spiro atoms. The highest BCUT2D eigenvalue weighted by Crippen LogP contribution is 2.16. The van der Waals surface area contributed by atoms with Crippen LogP contribution in [0.2, 0.25) is 0 Å². The number of hydrogen-bond acceptors (Lipinski definition) is 4. The monoisotopic (exact) mass is 347 g/mol. The Kier molecular flexibility index (Phi) is 5.08. The molecule has 0 saturated heterocycles. The Morgan fingerprint density at radius 1 is 0.923 bits per heavy atom. The van der Waals surface area contributed by atoms with E-state index in [1.54, 1.807) is 67.8 Å². The molecule has 0 bridgehead atoms. The second-order valence-electron chi connectivity index (χ2n) is 5.80. The van der Waals surface area contributed by atoms with Crippen LogP contribution in [-0.2, 0) is 18.4 Å². The SMILES string of the molecule is Cn1ccc(COC(=O)c2ccccc2C(=O)c2ccccc2)cc1=O. The maximum absolute atomic E-state index is 12.7. The van der Waals surface area contributed by atoms with E-state index in [9.17, 15) is 14.4 Å². The van der Waals surface area contributed by atoms with Crippen molar-refractivity contribution >= 4 is 11.8 Å². The molecule has 0 amide bonds. The van der Waals surface area contributed by atoms with E-state index in [2.05, 4.69) is 0 Å². The number of aryl methyl sites for hydroxylation is 1. The fraction of sp³-hybridized carbons (Fsp3) is 0.0952. The molecule has 0 aliphatic carbocycles. The van der Waals surface area contributed by atoms with Gasteiger partial charge in [0.05, 0.1) is 5.56 Å². The van der Waals surface area contributed by atoms with Gasteiger partial charge in [-0.05, 0) is 17.7 Å². The van der Waals surface area contributed by atoms with E-state index < -0.39 is 5.97 Å². The Balaban J connectivity index is 1.80. The largest absolute Gasteiger partial charge is 0.457 e. The summed E-state index contributed by atoms with van der Waals surface area (Å²) in [6.45, 7) is -0.0389. The quantitative estimate of drug-likeness (QED) is 0.526. The van der Waals surface area contributed by atoms with Crippen molar-refractivity contribution < 1.29 is 14.3 Å². The number of benzene rings is 2. The second kappa shape index (κ2) is 7.61. The molecule has 0 radical (unpaired) electrons. The lowest BCUT2D eigenvalue weighted by Crippen LogP contribution is -2.16. The van der Waals surface area contributed by atoms with Crippen molar-refractivity contribution in [2.24, 2.45) is 7.05 Å². The highest BCUT2D eigenvalue weighted by atomic mass is 16.5. The predicted octanol–water partition coefficient (Wildman–Crippen LogP) is 2.97. The van der Waals surface area contributed by atoms with Gasteiger partial charge in [0.15, 0.2) is 5.78 Å². The average molecular weight is 347 g/mol. The van der Waals surface area contributed by atoms with Crippen molar-refractivity contribution in [1.82, 2.24) is 4.57 Å². The molecule has 1 heterocycles. The zero-order valence-corrected chi connectivity index (χ0v) is 14.2. The molecule has 0 aliphatic rings. The molecule has 3 rings (SSSR count). The van der Waals surface area contributed by atoms with Gasteiger partial charge in [-0.25, -0.2) is 4.79 Å². The van der Waals surface area contributed by atoms with E-state index in [-0.39, 0.29) is 29.1 Å². The fourth-order valence-electron chi connectivity index (χ4n) is 2.51. The van der Waals surface area contributed by atoms with Crippen molar-refractivity contribution in [3.63, 3.8) is 0 Å². The number of aromatic nitrogens is 1. The molecule has 0 saturated carbocycles. The lowest BCUT2D eigenvalue weighted by atomic mass is 9.98. The maximum Gasteiger partial charge on any atom is 0.339 e. The van der Waals surface area contributed by atoms with E-state index in [0.717, 1.165) is 0 Å². The van der Waals surface area contributed by atoms with Crippen LogP contribution in [0.25, 0.3) is 0 Å². The van der Waals surface area contributed by atoms with Gasteiger partial charge >= 0.3 is 5.97 Å². The summed E-state index contributed by atoms with van der Waals surface area (Å²) in [5.74, 6) is -0.850. The number of carbonyl (C=O) groups is 2. The molecule has 0 fully saturated rings. The maximum atomic E-state index is 12.7. The van der Waals surface area contributed by atoms with Crippen LogP contribution in [0.4, 0.5) is 0 Å². The molecule has 130 valence electrons. The van der Waals surface area contributed by atoms with Gasteiger partial charge in [-0.2, -0.15) is 0 Å². The van der Waals surface area contributed by atoms with Crippen LogP contribution in [0.15, 0.2) is 77.7 Å². The number of nitrogens with zero attached hydrogens (tertiary/aromatic N) is 1. The number of rotatable bonds is 5. The summed E-state index contributed by atoms with van der Waals surface area (Å²) in [4.78, 5) is 36.8. The van der Waals surface area contributed by atoms with Crippen LogP contribution >= 0.6 is 0 Å². The molecule has 26 heavy (non-hydrogen) atoms. The number of hydrogen-bond donors (Lipinski definition) is 0. The normalized spacial score (nSPS) is 10.3. The van der Waals surface area contributed by atoms with Crippen LogP contribution in [-0.4, -0.2) is 16.3 Å². The molecule has 5 nitrogen and oxygen atoms in total. The first-order chi connectivity index (χ1) is 12.6. The second-order valence-corrected chi connectivity index (χ2v) is 5.80. The minimum atomic E-state index is -0.606. The molecule has 1 aromatic heterocycles. The Morgan fingerprint density at radius 2 is 1.58 bits per heavy atom. The average Bonchev–Trinajstić information content (AvgIpc) is 2.68. The summed E-state index contributed by atoms with van der Waals surface area (Å²) >= 11 is 0. The Hall–Kier alpha value is -3.47. The number of esters is 1. The smallest absolute Gasteiger partial charge is 0.339 e. The molecule has 5 heteroatoms. The van der Waals surface area contributed by atoms with E-state index in [4.69, 9.17) is 4.74 Å². The zero-order chi connectivity index (χ0) is 18.5. The minimum Gasteiger partial charge on any atom is -0.457 e. The Morgan fingerprint density at radius 3 is 2.27 bits per heavy atom. The lowest BCUT2D eigenvalue weighted by Gasteiger charge is -2.09. The van der Waals surface area contributed by atoms with E-state index in [1.807, 2.05) is 6.07 Å². The van der Waals surface area contributed by atoms with Crippen LogP contribution in [0, 0.1) is 0 Å². The van der Waals surface area contributed by atoms with Gasteiger partial charge in [-0.3, -0.25) is 9.59 Å². The minimum absolute atomic E-state index is 0.0389. The summed E-state index contributed by atoms with van der Waals surface area (Å²) < 4.78 is 6.73. The van der Waals surface area contributed by atoms with E-state index in [0.29, 0.717) is 11.1 Å². The van der Waals surface area contributed by atoms with Crippen molar-refractivity contribution in [3.05, 3.63) is 106 Å². The summed E-state index contributed by atoms with van der Waals surface area (Å²) in [6, 6.07) is 18.4. The number of ether oxygens (including phenoxy) is 1. The molecule has 0 unspecified atom stereocenters. The first-order valence-corrected chi connectivity index (χ1v) is 8.08. The number of carbonyl (C=O) groups excluding carboxylic acids is 2. The zero-order valence-electron chi connectivity index (χ0n) is 14.2. The summed E-state index contributed by atoms with van der Waals surface area (Å²) in [6.07, 6.45) is 1.61. The summed E-state index contributed by atoms with van der Waals surface area (Å²) in [5, 5.41) is 0. The van der Waals surface area contributed by atoms with Crippen molar-refractivity contribution in [3.8, 4) is 0 Å². The summed E-state index contributed by atoms with van der Waals surface area (Å²) in [5.41, 5.74) is 1.39. The van der Waals surface area contributed by atoms with Crippen LogP contribution in [0.1, 0.15) is 31.8 Å². The van der Waals surface area contributed by atoms with Gasteiger partial charge < -0.3 is 9.30 Å². The number of pyridine rings is 1. The molecule has 0 aliphatic heterocycles. The molecule has 0 atom stereocenters. The van der Waals surface area contributed by atoms with Gasteiger partial charge in [-0.1, -0.05) is 48.5 Å². The van der Waals surface area contributed by atoms with E-state index >= 15 is 0 Å². The Labute approximate surface area is 150 Å². The molecule has 2 aromatic carbocycles. The summed E-state index contributed by atoms with van der Waals surface area (Å²) in [7, 11) is 1.64. The predicted molar refractivity (Wildman–Crippen MR) is 97.1 cm³/mol. The van der Waals surface area contributed by atoms with Gasteiger partial charge in [0, 0.05) is 30.4 Å². The Bertz CT molecular complexity index is 1010. The molecule has 3 aromatic rings. The molecular weight excluding hydrogens is 330 g/mol. The molecular formula is C21H17NO4. The van der Waals surface area contributed by atoms with Crippen molar-refractivity contribution in [1.29, 1.82) is 0 Å². The highest BCUT2D eigenvalue weighted by Gasteiger charge is 2.19. The third-order valence-corrected chi connectivity index (χ3v) is 3.97. The van der Waals surface area contributed by atoms with Crippen LogP contribution < -0.4 is 5.56 Å². The van der Waals surface area contributed by atoms with Gasteiger partial charge in [0.25, 0.3) is 5.56 Å². The third kappa shape index (κ3) is 3.78. The lowest BCUT2D eigenvalue weighted by molar-refractivity contribution is 0.0470. The van der Waals surface area contributed by atoms with Crippen molar-refractivity contribution in [2.75, 3.05) is 0 Å². The van der Waals surface area contributed by atoms with Crippen LogP contribution in [0.3, 0.4) is 0 Å². The topological polar surface area (TPSA) is 65.4 Å². The molecule has 0 N–H and O–H groups in total. The standard InChI is InChI=1S/C21H17NO4/c1-22-12-11-15(13-19(22)23)14-26-21(25)18-10-6-5-9-17(18)20(24)16-7-3-2-4-8-16/h2-13H,14H2,1H3. The van der Waals surface area contributed by atoms with Gasteiger partial charge in [0.1, 0.15) is 6.61 Å². The first-order valence-electron chi connectivity index (χ1n) is 8.08. The first kappa shape index (κ1) is 17.4. The van der Waals surface area contributed by atoms with Gasteiger partial charge in [0.2, 0.25) is 0 Å². The van der Waals surface area contributed by atoms with E-state index in [1.165, 1.54) is 10.6 Å². The number of ketones is 1. The third-order valence-electron chi connectivity index (χ3n) is 3.97. The highest BCUT2D eigenvalue weighted by molar-refractivity contribution is 6.14. The fourth-order valence-corrected chi connectivity index (χ4v) is 2.51. The van der Waals surface area contributed by atoms with Crippen molar-refractivity contribution in [2.45, 2.75) is 6.61 Å². The van der Waals surface area contributed by atoms with Gasteiger partial charge in [-0.15, -0.1) is 0 Å². The van der Waals surface area contributed by atoms with Crippen LogP contribution in [0.5, 0.6) is 0 Å².